The second-order valence-electron chi connectivity index (χ2n) is 6.43. The highest BCUT2D eigenvalue weighted by molar-refractivity contribution is 5.78. The van der Waals surface area contributed by atoms with Gasteiger partial charge in [-0.15, -0.1) is 0 Å². The van der Waals surface area contributed by atoms with Crippen LogP contribution in [-0.4, -0.2) is 49.2 Å². The number of rotatable bonds is 7. The zero-order valence-electron chi connectivity index (χ0n) is 14.5. The van der Waals surface area contributed by atoms with Crippen LogP contribution in [0.3, 0.4) is 0 Å². The van der Waals surface area contributed by atoms with E-state index in [1.807, 2.05) is 31.2 Å². The summed E-state index contributed by atoms with van der Waals surface area (Å²) in [5.41, 5.74) is 0. The number of hydrogen-bond donors (Lipinski definition) is 1. The molecule has 0 saturated heterocycles. The van der Waals surface area contributed by atoms with Crippen LogP contribution in [0.2, 0.25) is 0 Å². The van der Waals surface area contributed by atoms with Gasteiger partial charge in [0.2, 0.25) is 5.91 Å². The van der Waals surface area contributed by atoms with Gasteiger partial charge in [-0.1, -0.05) is 32.9 Å². The second-order valence-corrected chi connectivity index (χ2v) is 6.43. The van der Waals surface area contributed by atoms with Gasteiger partial charge >= 0.3 is 0 Å². The van der Waals surface area contributed by atoms with Gasteiger partial charge in [-0.3, -0.25) is 9.69 Å². The first-order chi connectivity index (χ1) is 11.0. The van der Waals surface area contributed by atoms with Crippen molar-refractivity contribution >= 4 is 5.91 Å². The molecule has 1 amide bonds. The maximum Gasteiger partial charge on any atom is 0.234 e. The molecule has 1 aliphatic heterocycles. The molecule has 0 aromatic heterocycles. The van der Waals surface area contributed by atoms with Gasteiger partial charge in [-0.25, -0.2) is 0 Å². The zero-order valence-corrected chi connectivity index (χ0v) is 14.5. The van der Waals surface area contributed by atoms with Crippen LogP contribution in [-0.2, 0) is 4.79 Å². The fourth-order valence-electron chi connectivity index (χ4n) is 2.42. The molecule has 0 radical (unpaired) electrons. The van der Waals surface area contributed by atoms with Crippen molar-refractivity contribution in [1.82, 2.24) is 10.2 Å². The molecule has 128 valence electrons. The standard InChI is InChI=1S/C18H28N2O3/c1-5-20(11-18(21)19-14(4)13(2)3)10-15-12-22-16-8-6-7-9-17(16)23-15/h6-9,13-15H,5,10-12H2,1-4H3,(H,19,21). The summed E-state index contributed by atoms with van der Waals surface area (Å²) in [5.74, 6) is 2.05. The van der Waals surface area contributed by atoms with Crippen LogP contribution in [0, 0.1) is 5.92 Å². The van der Waals surface area contributed by atoms with Crippen molar-refractivity contribution in [2.45, 2.75) is 39.8 Å². The lowest BCUT2D eigenvalue weighted by Gasteiger charge is -2.30. The Morgan fingerprint density at radius 1 is 1.30 bits per heavy atom. The number of likely N-dealkylation sites (N-methyl/N-ethyl adjacent to an activating group) is 1. The van der Waals surface area contributed by atoms with E-state index in [4.69, 9.17) is 9.47 Å². The highest BCUT2D eigenvalue weighted by atomic mass is 16.6. The van der Waals surface area contributed by atoms with E-state index in [0.717, 1.165) is 18.0 Å². The fraction of sp³-hybridized carbons (Fsp3) is 0.611. The predicted molar refractivity (Wildman–Crippen MR) is 90.9 cm³/mol. The normalized spacial score (nSPS) is 18.1. The van der Waals surface area contributed by atoms with E-state index in [-0.39, 0.29) is 18.1 Å². The summed E-state index contributed by atoms with van der Waals surface area (Å²) in [5, 5.41) is 3.04. The Morgan fingerprint density at radius 3 is 2.65 bits per heavy atom. The molecule has 1 aromatic carbocycles. The minimum Gasteiger partial charge on any atom is -0.486 e. The summed E-state index contributed by atoms with van der Waals surface area (Å²) in [6.45, 7) is 10.7. The van der Waals surface area contributed by atoms with Crippen molar-refractivity contribution in [3.8, 4) is 11.5 Å². The average Bonchev–Trinajstić information content (AvgIpc) is 2.53. The molecular weight excluding hydrogens is 292 g/mol. The number of ether oxygens (including phenoxy) is 2. The Labute approximate surface area is 139 Å². The lowest BCUT2D eigenvalue weighted by molar-refractivity contribution is -0.123. The number of benzene rings is 1. The molecule has 0 saturated carbocycles. The molecule has 5 nitrogen and oxygen atoms in total. The highest BCUT2D eigenvalue weighted by Gasteiger charge is 2.23. The maximum atomic E-state index is 12.1. The molecule has 23 heavy (non-hydrogen) atoms. The molecule has 2 atom stereocenters. The summed E-state index contributed by atoms with van der Waals surface area (Å²) >= 11 is 0. The summed E-state index contributed by atoms with van der Waals surface area (Å²) in [6.07, 6.45) is -0.0554. The van der Waals surface area contributed by atoms with Crippen LogP contribution >= 0.6 is 0 Å². The molecule has 0 aliphatic carbocycles. The van der Waals surface area contributed by atoms with Gasteiger partial charge < -0.3 is 14.8 Å². The van der Waals surface area contributed by atoms with Gasteiger partial charge in [-0.05, 0) is 31.5 Å². The molecule has 0 bridgehead atoms. The van der Waals surface area contributed by atoms with Gasteiger partial charge in [0, 0.05) is 12.6 Å². The Morgan fingerprint density at radius 2 is 2.00 bits per heavy atom. The Bertz CT molecular complexity index is 519. The van der Waals surface area contributed by atoms with Gasteiger partial charge in [0.1, 0.15) is 12.7 Å². The summed E-state index contributed by atoms with van der Waals surface area (Å²) in [4.78, 5) is 14.2. The van der Waals surface area contributed by atoms with Crippen molar-refractivity contribution in [3.63, 3.8) is 0 Å². The Kier molecular flexibility index (Phi) is 6.28. The van der Waals surface area contributed by atoms with Crippen LogP contribution < -0.4 is 14.8 Å². The summed E-state index contributed by atoms with van der Waals surface area (Å²) < 4.78 is 11.7. The lowest BCUT2D eigenvalue weighted by Crippen LogP contribution is -2.47. The third kappa shape index (κ3) is 5.13. The zero-order chi connectivity index (χ0) is 16.8. The number of para-hydroxylation sites is 2. The largest absolute Gasteiger partial charge is 0.486 e. The third-order valence-electron chi connectivity index (χ3n) is 4.23. The molecule has 0 spiro atoms. The molecule has 1 aromatic rings. The highest BCUT2D eigenvalue weighted by Crippen LogP contribution is 2.30. The SMILES string of the molecule is CCN(CC(=O)NC(C)C(C)C)CC1COc2ccccc2O1. The van der Waals surface area contributed by atoms with Crippen LogP contribution in [0.4, 0.5) is 0 Å². The van der Waals surface area contributed by atoms with Gasteiger partial charge in [0.15, 0.2) is 11.5 Å². The monoisotopic (exact) mass is 320 g/mol. The van der Waals surface area contributed by atoms with Crippen molar-refractivity contribution in [2.75, 3.05) is 26.2 Å². The number of amides is 1. The number of fused-ring (bicyclic) bond motifs is 1. The van der Waals surface area contributed by atoms with Crippen molar-refractivity contribution < 1.29 is 14.3 Å². The molecular formula is C18H28N2O3. The quantitative estimate of drug-likeness (QED) is 0.837. The van der Waals surface area contributed by atoms with Crippen molar-refractivity contribution in [3.05, 3.63) is 24.3 Å². The van der Waals surface area contributed by atoms with E-state index in [1.54, 1.807) is 0 Å². The smallest absolute Gasteiger partial charge is 0.234 e. The van der Waals surface area contributed by atoms with Crippen LogP contribution in [0.25, 0.3) is 0 Å². The van der Waals surface area contributed by atoms with Crippen LogP contribution in [0.5, 0.6) is 11.5 Å². The topological polar surface area (TPSA) is 50.8 Å². The number of hydrogen-bond acceptors (Lipinski definition) is 4. The second kappa shape index (κ2) is 8.20. The molecule has 5 heteroatoms. The van der Waals surface area contributed by atoms with E-state index in [0.29, 0.717) is 25.6 Å². The maximum absolute atomic E-state index is 12.1. The number of nitrogens with one attached hydrogen (secondary N) is 1. The Hall–Kier alpha value is -1.75. The van der Waals surface area contributed by atoms with Crippen LogP contribution in [0.15, 0.2) is 24.3 Å². The predicted octanol–water partition coefficient (Wildman–Crippen LogP) is 2.31. The first-order valence-electron chi connectivity index (χ1n) is 8.39. The molecule has 0 fully saturated rings. The van der Waals surface area contributed by atoms with Crippen molar-refractivity contribution in [1.29, 1.82) is 0 Å². The lowest BCUT2D eigenvalue weighted by atomic mass is 10.1. The molecule has 1 aliphatic rings. The molecule has 1 N–H and O–H groups in total. The number of carbonyl (C=O) groups is 1. The van der Waals surface area contributed by atoms with Crippen LogP contribution in [0.1, 0.15) is 27.7 Å². The fourth-order valence-corrected chi connectivity index (χ4v) is 2.42. The van der Waals surface area contributed by atoms with Gasteiger partial charge in [0.25, 0.3) is 0 Å². The average molecular weight is 320 g/mol. The van der Waals surface area contributed by atoms with E-state index < -0.39 is 0 Å². The number of nitrogens with zero attached hydrogens (tertiary/aromatic N) is 1. The Balaban J connectivity index is 1.84. The minimum atomic E-state index is -0.0554. The van der Waals surface area contributed by atoms with E-state index in [1.165, 1.54) is 0 Å². The van der Waals surface area contributed by atoms with Gasteiger partial charge in [0.05, 0.1) is 6.54 Å². The molecule has 2 rings (SSSR count). The minimum absolute atomic E-state index is 0.0554. The van der Waals surface area contributed by atoms with Gasteiger partial charge in [-0.2, -0.15) is 0 Å². The third-order valence-corrected chi connectivity index (χ3v) is 4.23. The van der Waals surface area contributed by atoms with E-state index in [9.17, 15) is 4.79 Å². The van der Waals surface area contributed by atoms with E-state index in [2.05, 4.69) is 31.0 Å². The summed E-state index contributed by atoms with van der Waals surface area (Å²) in [6, 6.07) is 7.87. The number of carbonyl (C=O) groups excluding carboxylic acids is 1. The molecule has 1 heterocycles. The van der Waals surface area contributed by atoms with E-state index >= 15 is 0 Å². The van der Waals surface area contributed by atoms with Crippen molar-refractivity contribution in [2.24, 2.45) is 5.92 Å². The summed E-state index contributed by atoms with van der Waals surface area (Å²) in [7, 11) is 0. The first-order valence-corrected chi connectivity index (χ1v) is 8.39. The molecule has 2 unspecified atom stereocenters. The first kappa shape index (κ1) is 17.6.